The van der Waals surface area contributed by atoms with Gasteiger partial charge in [0, 0.05) is 6.54 Å². The van der Waals surface area contributed by atoms with E-state index in [0.29, 0.717) is 18.7 Å². The average Bonchev–Trinajstić information content (AvgIpc) is 3.32. The number of urea groups is 1. The van der Waals surface area contributed by atoms with Crippen molar-refractivity contribution in [2.75, 3.05) is 0 Å². The molecule has 2 atom stereocenters. The fourth-order valence-electron chi connectivity index (χ4n) is 3.59. The predicted molar refractivity (Wildman–Crippen MR) is 127 cm³/mol. The van der Waals surface area contributed by atoms with Gasteiger partial charge in [-0.1, -0.05) is 51.1 Å². The zero-order valence-corrected chi connectivity index (χ0v) is 20.1. The molecule has 9 nitrogen and oxygen atoms in total. The van der Waals surface area contributed by atoms with Crippen LogP contribution in [0.5, 0.6) is 0 Å². The highest BCUT2D eigenvalue weighted by molar-refractivity contribution is 6.38. The van der Waals surface area contributed by atoms with Crippen LogP contribution in [0, 0.1) is 5.92 Å². The molecule has 2 rings (SSSR count). The van der Waals surface area contributed by atoms with Crippen LogP contribution in [-0.4, -0.2) is 35.2 Å². The molecule has 4 amide bonds. The number of hydrogen-bond acceptors (Lipinski definition) is 5. The summed E-state index contributed by atoms with van der Waals surface area (Å²) in [7, 11) is 0. The Morgan fingerprint density at radius 3 is 2.26 bits per heavy atom. The second kappa shape index (κ2) is 12.6. The van der Waals surface area contributed by atoms with Crippen LogP contribution >= 0.6 is 0 Å². The first kappa shape index (κ1) is 26.6. The number of ketones is 1. The van der Waals surface area contributed by atoms with Gasteiger partial charge in [0.15, 0.2) is 0 Å². The Morgan fingerprint density at radius 1 is 0.971 bits per heavy atom. The lowest BCUT2D eigenvalue weighted by molar-refractivity contribution is -0.141. The van der Waals surface area contributed by atoms with Crippen molar-refractivity contribution in [1.82, 2.24) is 21.3 Å². The Bertz CT molecular complexity index is 959. The second-order valence-corrected chi connectivity index (χ2v) is 8.78. The molecule has 184 valence electrons. The molecule has 0 saturated heterocycles. The van der Waals surface area contributed by atoms with E-state index in [9.17, 15) is 19.2 Å². The molecular weight excluding hydrogens is 436 g/mol. The van der Waals surface area contributed by atoms with Gasteiger partial charge < -0.3 is 25.7 Å². The van der Waals surface area contributed by atoms with Gasteiger partial charge in [-0.2, -0.15) is 0 Å². The van der Waals surface area contributed by atoms with E-state index in [1.807, 2.05) is 44.2 Å². The monoisotopic (exact) mass is 470 g/mol. The van der Waals surface area contributed by atoms with Crippen LogP contribution in [0.2, 0.25) is 0 Å². The van der Waals surface area contributed by atoms with Gasteiger partial charge in [-0.15, -0.1) is 0 Å². The number of hydrogen-bond donors (Lipinski definition) is 4. The number of Topliss-reactive ketones (excluding diaryl/α,β-unsaturated/α-hetero) is 1. The molecule has 9 heteroatoms. The second-order valence-electron chi connectivity index (χ2n) is 8.78. The van der Waals surface area contributed by atoms with E-state index in [-0.39, 0.29) is 18.9 Å². The molecule has 1 heterocycles. The van der Waals surface area contributed by atoms with E-state index < -0.39 is 35.2 Å². The van der Waals surface area contributed by atoms with E-state index >= 15 is 0 Å². The predicted octanol–water partition coefficient (Wildman–Crippen LogP) is 2.66. The molecule has 1 aromatic carbocycles. The Hall–Kier alpha value is -3.62. The maximum atomic E-state index is 13.2. The summed E-state index contributed by atoms with van der Waals surface area (Å²) in [4.78, 5) is 50.7. The lowest BCUT2D eigenvalue weighted by Crippen LogP contribution is -2.62. The summed E-state index contributed by atoms with van der Waals surface area (Å²) in [5, 5.41) is 10.6. The molecule has 0 saturated carbocycles. The maximum Gasteiger partial charge on any atom is 0.315 e. The summed E-state index contributed by atoms with van der Waals surface area (Å²) in [6, 6.07) is 11.2. The topological polar surface area (TPSA) is 130 Å². The van der Waals surface area contributed by atoms with E-state index in [1.54, 1.807) is 26.0 Å². The van der Waals surface area contributed by atoms with Crippen molar-refractivity contribution >= 4 is 23.6 Å². The van der Waals surface area contributed by atoms with Crippen molar-refractivity contribution in [3.05, 3.63) is 60.1 Å². The number of benzene rings is 1. The van der Waals surface area contributed by atoms with Gasteiger partial charge in [0.2, 0.25) is 11.7 Å². The highest BCUT2D eigenvalue weighted by Crippen LogP contribution is 2.18. The van der Waals surface area contributed by atoms with Crippen LogP contribution in [0.3, 0.4) is 0 Å². The third-order valence-electron chi connectivity index (χ3n) is 5.26. The molecule has 34 heavy (non-hydrogen) atoms. The Morgan fingerprint density at radius 2 is 1.68 bits per heavy atom. The van der Waals surface area contributed by atoms with Gasteiger partial charge in [-0.25, -0.2) is 4.79 Å². The molecule has 0 fully saturated rings. The quantitative estimate of drug-likeness (QED) is 0.355. The van der Waals surface area contributed by atoms with Gasteiger partial charge in [0.25, 0.3) is 5.91 Å². The molecule has 0 aliphatic rings. The summed E-state index contributed by atoms with van der Waals surface area (Å²) in [5.74, 6) is -1.52. The Balaban J connectivity index is 2.00. The fraction of sp³-hybridized carbons (Fsp3) is 0.440. The van der Waals surface area contributed by atoms with Crippen molar-refractivity contribution in [3.63, 3.8) is 0 Å². The number of rotatable bonds is 12. The highest BCUT2D eigenvalue weighted by Gasteiger charge is 2.38. The van der Waals surface area contributed by atoms with Crippen LogP contribution in [0.1, 0.15) is 51.9 Å². The summed E-state index contributed by atoms with van der Waals surface area (Å²) in [5.41, 5.74) is -0.363. The fourth-order valence-corrected chi connectivity index (χ4v) is 3.59. The molecule has 2 unspecified atom stereocenters. The van der Waals surface area contributed by atoms with Gasteiger partial charge >= 0.3 is 6.03 Å². The maximum absolute atomic E-state index is 13.2. The minimum absolute atomic E-state index is 0.0656. The molecule has 1 aromatic heterocycles. The summed E-state index contributed by atoms with van der Waals surface area (Å²) < 4.78 is 5.14. The highest BCUT2D eigenvalue weighted by atomic mass is 16.3. The summed E-state index contributed by atoms with van der Waals surface area (Å²) in [6.45, 7) is 7.54. The van der Waals surface area contributed by atoms with Gasteiger partial charge in [0.05, 0.1) is 18.8 Å². The summed E-state index contributed by atoms with van der Waals surface area (Å²) >= 11 is 0. The van der Waals surface area contributed by atoms with Crippen LogP contribution in [0.15, 0.2) is 53.1 Å². The molecular formula is C25H34N4O5. The van der Waals surface area contributed by atoms with Crippen LogP contribution < -0.4 is 21.3 Å². The van der Waals surface area contributed by atoms with Crippen LogP contribution in [0.25, 0.3) is 0 Å². The van der Waals surface area contributed by atoms with Crippen LogP contribution in [-0.2, 0) is 27.5 Å². The number of amides is 4. The Labute approximate surface area is 200 Å². The molecule has 0 spiro atoms. The van der Waals surface area contributed by atoms with Crippen molar-refractivity contribution in [2.24, 2.45) is 5.92 Å². The molecule has 0 aliphatic heterocycles. The largest absolute Gasteiger partial charge is 0.467 e. The first-order chi connectivity index (χ1) is 16.1. The molecule has 0 radical (unpaired) electrons. The van der Waals surface area contributed by atoms with E-state index in [4.69, 9.17) is 4.42 Å². The van der Waals surface area contributed by atoms with E-state index in [0.717, 1.165) is 5.56 Å². The summed E-state index contributed by atoms with van der Waals surface area (Å²) in [6.07, 6.45) is 2.03. The smallest absolute Gasteiger partial charge is 0.315 e. The van der Waals surface area contributed by atoms with Crippen molar-refractivity contribution in [2.45, 2.75) is 65.2 Å². The third-order valence-corrected chi connectivity index (χ3v) is 5.26. The molecule has 4 N–H and O–H groups in total. The first-order valence-electron chi connectivity index (χ1n) is 11.4. The molecule has 0 bridgehead atoms. The number of carbonyl (C=O) groups excluding carboxylic acids is 4. The van der Waals surface area contributed by atoms with Gasteiger partial charge in [-0.3, -0.25) is 14.4 Å². The average molecular weight is 471 g/mol. The number of carbonyl (C=O) groups is 4. The molecule has 2 aromatic rings. The minimum Gasteiger partial charge on any atom is -0.467 e. The zero-order chi connectivity index (χ0) is 25.1. The molecule has 0 aliphatic carbocycles. The zero-order valence-electron chi connectivity index (χ0n) is 20.1. The van der Waals surface area contributed by atoms with Crippen molar-refractivity contribution in [3.8, 4) is 0 Å². The minimum atomic E-state index is -1.28. The van der Waals surface area contributed by atoms with Crippen molar-refractivity contribution in [1.29, 1.82) is 0 Å². The third kappa shape index (κ3) is 8.06. The normalized spacial score (nSPS) is 13.4. The SMILES string of the molecule is CCC(NC(=O)C(C)(CC(C)C)NC(=O)NCc1ccccc1)C(=O)C(=O)NCc1ccco1. The Kier molecular flexibility index (Phi) is 9.85. The lowest BCUT2D eigenvalue weighted by Gasteiger charge is -2.32. The lowest BCUT2D eigenvalue weighted by atomic mass is 9.89. The standard InChI is InChI=1S/C25H34N4O5/c1-5-20(21(30)22(31)26-16-19-12-9-13-34-19)28-23(32)25(4,14-17(2)3)29-24(33)27-15-18-10-7-6-8-11-18/h6-13,17,20H,5,14-16H2,1-4H3,(H,26,31)(H,28,32)(H2,27,29,33). The first-order valence-corrected chi connectivity index (χ1v) is 11.4. The van der Waals surface area contributed by atoms with Gasteiger partial charge in [0.1, 0.15) is 11.3 Å². The number of furan rings is 1. The van der Waals surface area contributed by atoms with E-state index in [2.05, 4.69) is 21.3 Å². The van der Waals surface area contributed by atoms with Gasteiger partial charge in [-0.05, 0) is 43.4 Å². The van der Waals surface area contributed by atoms with E-state index in [1.165, 1.54) is 6.26 Å². The van der Waals surface area contributed by atoms with Crippen LogP contribution in [0.4, 0.5) is 4.79 Å². The number of nitrogens with one attached hydrogen (secondary N) is 4. The van der Waals surface area contributed by atoms with Crippen molar-refractivity contribution < 1.29 is 23.6 Å².